The van der Waals surface area contributed by atoms with Crippen molar-refractivity contribution in [1.82, 2.24) is 0 Å². The second kappa shape index (κ2) is 8.14. The Labute approximate surface area is 159 Å². The van der Waals surface area contributed by atoms with Gasteiger partial charge in [0.15, 0.2) is 11.5 Å². The molecule has 1 aliphatic heterocycles. The smallest absolute Gasteiger partial charge is 0.337 e. The zero-order valence-corrected chi connectivity index (χ0v) is 15.9. The molecule has 0 atom stereocenters. The van der Waals surface area contributed by atoms with E-state index in [1.807, 2.05) is 24.3 Å². The Bertz CT molecular complexity index is 876. The van der Waals surface area contributed by atoms with E-state index in [0.29, 0.717) is 34.9 Å². The van der Waals surface area contributed by atoms with Crippen molar-refractivity contribution in [2.24, 2.45) is 10.2 Å². The van der Waals surface area contributed by atoms with E-state index in [2.05, 4.69) is 26.2 Å². The summed E-state index contributed by atoms with van der Waals surface area (Å²) < 4.78 is 17.1. The lowest BCUT2D eigenvalue weighted by Gasteiger charge is -2.19. The molecule has 1 heterocycles. The van der Waals surface area contributed by atoms with Crippen molar-refractivity contribution < 1.29 is 19.0 Å². The van der Waals surface area contributed by atoms with Crippen LogP contribution in [0.3, 0.4) is 0 Å². The van der Waals surface area contributed by atoms with Gasteiger partial charge in [-0.1, -0.05) is 15.9 Å². The van der Waals surface area contributed by atoms with Crippen LogP contribution in [0.2, 0.25) is 0 Å². The van der Waals surface area contributed by atoms with Crippen LogP contribution in [0, 0.1) is 0 Å². The van der Waals surface area contributed by atoms with Crippen LogP contribution in [0.1, 0.15) is 12.5 Å². The topological polar surface area (TPSA) is 69.5 Å². The molecule has 26 heavy (non-hydrogen) atoms. The molecule has 0 spiro atoms. The van der Waals surface area contributed by atoms with Crippen LogP contribution in [0.4, 0.5) is 11.4 Å². The van der Waals surface area contributed by atoms with Gasteiger partial charge >= 0.3 is 5.97 Å². The van der Waals surface area contributed by atoms with Gasteiger partial charge in [-0.2, -0.15) is 10.2 Å². The van der Waals surface area contributed by atoms with Crippen LogP contribution in [0.25, 0.3) is 6.08 Å². The van der Waals surface area contributed by atoms with Crippen LogP contribution in [-0.2, 0) is 9.53 Å². The molecule has 0 unspecified atom stereocenters. The summed E-state index contributed by atoms with van der Waals surface area (Å²) in [5.74, 6) is 0.716. The second-order valence-corrected chi connectivity index (χ2v) is 6.34. The van der Waals surface area contributed by atoms with Gasteiger partial charge in [0.05, 0.1) is 30.7 Å². The standard InChI is InChI=1S/C19H17BrN2O4/c1-3-25-19(23)13-8-12-9-16(10-17(24-2)18(12)26-11-13)22-21-15-6-4-14(20)5-7-15/h4-10H,3,11H2,1-2H3/b22-21+. The molecule has 7 heteroatoms. The monoisotopic (exact) mass is 416 g/mol. The highest BCUT2D eigenvalue weighted by molar-refractivity contribution is 9.10. The first-order valence-electron chi connectivity index (χ1n) is 8.00. The lowest BCUT2D eigenvalue weighted by atomic mass is 10.1. The maximum absolute atomic E-state index is 11.9. The normalized spacial score (nSPS) is 13.0. The number of benzene rings is 2. The molecule has 0 N–H and O–H groups in total. The molecule has 1 aliphatic rings. The van der Waals surface area contributed by atoms with E-state index in [0.717, 1.165) is 10.2 Å². The number of azo groups is 1. The first kappa shape index (κ1) is 18.1. The number of fused-ring (bicyclic) bond motifs is 1. The Kier molecular flexibility index (Phi) is 5.68. The van der Waals surface area contributed by atoms with E-state index >= 15 is 0 Å². The Morgan fingerprint density at radius 2 is 1.92 bits per heavy atom. The van der Waals surface area contributed by atoms with Crippen LogP contribution in [0.15, 0.2) is 56.7 Å². The van der Waals surface area contributed by atoms with Crippen LogP contribution in [-0.4, -0.2) is 26.3 Å². The molecule has 0 saturated heterocycles. The molecule has 0 aromatic heterocycles. The first-order valence-corrected chi connectivity index (χ1v) is 8.80. The quantitative estimate of drug-likeness (QED) is 0.495. The summed E-state index contributed by atoms with van der Waals surface area (Å²) >= 11 is 3.38. The minimum absolute atomic E-state index is 0.141. The Morgan fingerprint density at radius 3 is 2.62 bits per heavy atom. The van der Waals surface area contributed by atoms with Crippen molar-refractivity contribution in [3.63, 3.8) is 0 Å². The summed E-state index contributed by atoms with van der Waals surface area (Å²) in [5.41, 5.74) is 2.46. The number of hydrogen-bond acceptors (Lipinski definition) is 6. The molecule has 2 aromatic rings. The van der Waals surface area contributed by atoms with Gasteiger partial charge in [0.25, 0.3) is 0 Å². The number of nitrogens with zero attached hydrogens (tertiary/aromatic N) is 2. The molecule has 0 amide bonds. The Morgan fingerprint density at radius 1 is 1.19 bits per heavy atom. The van der Waals surface area contributed by atoms with E-state index in [1.165, 1.54) is 0 Å². The average molecular weight is 417 g/mol. The lowest BCUT2D eigenvalue weighted by molar-refractivity contribution is -0.138. The number of ether oxygens (including phenoxy) is 3. The van der Waals surface area contributed by atoms with Gasteiger partial charge in [0.2, 0.25) is 0 Å². The molecule has 0 saturated carbocycles. The number of hydrogen-bond donors (Lipinski definition) is 0. The average Bonchev–Trinajstić information content (AvgIpc) is 2.66. The molecule has 6 nitrogen and oxygen atoms in total. The van der Waals surface area contributed by atoms with Gasteiger partial charge in [-0.05, 0) is 43.3 Å². The van der Waals surface area contributed by atoms with E-state index in [-0.39, 0.29) is 12.6 Å². The van der Waals surface area contributed by atoms with E-state index < -0.39 is 0 Å². The fourth-order valence-electron chi connectivity index (χ4n) is 2.42. The summed E-state index contributed by atoms with van der Waals surface area (Å²) in [4.78, 5) is 11.9. The molecule has 0 radical (unpaired) electrons. The zero-order chi connectivity index (χ0) is 18.5. The molecular weight excluding hydrogens is 400 g/mol. The van der Waals surface area contributed by atoms with Crippen molar-refractivity contribution >= 4 is 39.4 Å². The maximum Gasteiger partial charge on any atom is 0.337 e. The van der Waals surface area contributed by atoms with Crippen LogP contribution in [0.5, 0.6) is 11.5 Å². The highest BCUT2D eigenvalue weighted by Gasteiger charge is 2.22. The minimum atomic E-state index is -0.390. The number of halogens is 1. The fourth-order valence-corrected chi connectivity index (χ4v) is 2.69. The van der Waals surface area contributed by atoms with Crippen molar-refractivity contribution in [1.29, 1.82) is 0 Å². The van der Waals surface area contributed by atoms with Crippen molar-refractivity contribution in [2.75, 3.05) is 20.3 Å². The van der Waals surface area contributed by atoms with Gasteiger partial charge in [0.1, 0.15) is 6.61 Å². The third-order valence-corrected chi connectivity index (χ3v) is 4.16. The van der Waals surface area contributed by atoms with E-state index in [4.69, 9.17) is 14.2 Å². The zero-order valence-electron chi connectivity index (χ0n) is 14.4. The Hall–Kier alpha value is -2.67. The predicted octanol–water partition coefficient (Wildman–Crippen LogP) is 5.21. The minimum Gasteiger partial charge on any atom is -0.493 e. The molecule has 0 bridgehead atoms. The molecule has 0 fully saturated rings. The number of methoxy groups -OCH3 is 1. The van der Waals surface area contributed by atoms with Crippen LogP contribution < -0.4 is 9.47 Å². The highest BCUT2D eigenvalue weighted by Crippen LogP contribution is 2.40. The third kappa shape index (κ3) is 4.11. The van der Waals surface area contributed by atoms with E-state index in [9.17, 15) is 4.79 Å². The second-order valence-electron chi connectivity index (χ2n) is 5.42. The van der Waals surface area contributed by atoms with Gasteiger partial charge in [-0.25, -0.2) is 4.79 Å². The summed E-state index contributed by atoms with van der Waals surface area (Å²) in [6, 6.07) is 11.0. The number of esters is 1. The van der Waals surface area contributed by atoms with Gasteiger partial charge in [0, 0.05) is 16.1 Å². The molecule has 3 rings (SSSR count). The van der Waals surface area contributed by atoms with Crippen molar-refractivity contribution in [3.8, 4) is 11.5 Å². The molecular formula is C19H17BrN2O4. The first-order chi connectivity index (χ1) is 12.6. The molecule has 0 aliphatic carbocycles. The summed E-state index contributed by atoms with van der Waals surface area (Å²) in [5, 5.41) is 8.48. The maximum atomic E-state index is 11.9. The third-order valence-electron chi connectivity index (χ3n) is 3.64. The number of rotatable bonds is 5. The van der Waals surface area contributed by atoms with Crippen molar-refractivity contribution in [2.45, 2.75) is 6.92 Å². The number of carbonyl (C=O) groups is 1. The summed E-state index contributed by atoms with van der Waals surface area (Å²) in [7, 11) is 1.55. The van der Waals surface area contributed by atoms with Gasteiger partial charge in [-0.15, -0.1) is 0 Å². The van der Waals surface area contributed by atoms with E-state index in [1.54, 1.807) is 32.2 Å². The molecule has 134 valence electrons. The van der Waals surface area contributed by atoms with Gasteiger partial charge in [-0.3, -0.25) is 0 Å². The van der Waals surface area contributed by atoms with Crippen LogP contribution >= 0.6 is 15.9 Å². The van der Waals surface area contributed by atoms with Crippen molar-refractivity contribution in [3.05, 3.63) is 52.0 Å². The summed E-state index contributed by atoms with van der Waals surface area (Å²) in [6.07, 6.45) is 1.73. The predicted molar refractivity (Wildman–Crippen MR) is 101 cm³/mol. The Balaban J connectivity index is 1.93. The molecule has 2 aromatic carbocycles. The SMILES string of the molecule is CCOC(=O)C1=Cc2cc(/N=N/c3ccc(Br)cc3)cc(OC)c2OC1. The lowest BCUT2D eigenvalue weighted by Crippen LogP contribution is -2.17. The fraction of sp³-hybridized carbons (Fsp3) is 0.211. The number of carbonyl (C=O) groups excluding carboxylic acids is 1. The van der Waals surface area contributed by atoms with Gasteiger partial charge < -0.3 is 14.2 Å². The largest absolute Gasteiger partial charge is 0.493 e. The summed E-state index contributed by atoms with van der Waals surface area (Å²) in [6.45, 7) is 2.22. The highest BCUT2D eigenvalue weighted by atomic mass is 79.9.